The van der Waals surface area contributed by atoms with Crippen molar-refractivity contribution in [2.45, 2.75) is 61.8 Å². The molecular weight excluding hydrogens is 219 g/mol. The van der Waals surface area contributed by atoms with E-state index in [-0.39, 0.29) is 0 Å². The Hall–Kier alpha value is 0.454. The van der Waals surface area contributed by atoms with Crippen molar-refractivity contribution in [2.75, 3.05) is 0 Å². The predicted molar refractivity (Wildman–Crippen MR) is 69.0 cm³/mol. The standard InChI is InChI=1S/C7H16.C7H14.V/c2*1-6(2)5-7(3)4;/h6-7H,5H2,1-4H3;6-7H,1-4H3;. The maximum absolute atomic E-state index is 2.66. The summed E-state index contributed by atoms with van der Waals surface area (Å²) in [6.45, 7) is 18.0. The molecule has 0 bridgehead atoms. The fourth-order valence-corrected chi connectivity index (χ4v) is 1.61. The van der Waals surface area contributed by atoms with Crippen molar-refractivity contribution < 1.29 is 17.0 Å². The number of hydrogen-bond donors (Lipinski definition) is 0. The fraction of sp³-hybridized carbons (Fsp3) is 0.929. The number of rotatable bonds is 4. The zero-order valence-electron chi connectivity index (χ0n) is 12.0. The average molecular weight is 249 g/mol. The first-order valence-electron chi connectivity index (χ1n) is 6.24. The van der Waals surface area contributed by atoms with E-state index in [9.17, 15) is 0 Å². The van der Waals surface area contributed by atoms with Gasteiger partial charge < -0.3 is 0 Å². The topological polar surface area (TPSA) is 0 Å². The van der Waals surface area contributed by atoms with Gasteiger partial charge in [-0.25, -0.2) is 0 Å². The summed E-state index contributed by atoms with van der Waals surface area (Å²) in [5, 5.41) is 0. The molecule has 0 rings (SSSR count). The summed E-state index contributed by atoms with van der Waals surface area (Å²) in [4.78, 5) is 0. The average Bonchev–Trinajstić information content (AvgIpc) is 2.00. The second-order valence-electron chi connectivity index (χ2n) is 5.76. The summed E-state index contributed by atoms with van der Waals surface area (Å²) in [7, 11) is 0. The van der Waals surface area contributed by atoms with Gasteiger partial charge in [0.25, 0.3) is 0 Å². The van der Waals surface area contributed by atoms with Crippen molar-refractivity contribution in [2.24, 2.45) is 23.7 Å². The summed E-state index contributed by atoms with van der Waals surface area (Å²) in [6.07, 6.45) is 1.36. The predicted octanol–water partition coefficient (Wildman–Crippen LogP) is 4.71. The van der Waals surface area contributed by atoms with Crippen molar-refractivity contribution >= 4 is 4.23 Å². The van der Waals surface area contributed by atoms with Crippen LogP contribution in [-0.2, 0) is 17.0 Å². The molecule has 0 fully saturated rings. The normalized spacial score (nSPS) is 10.9. The van der Waals surface area contributed by atoms with Gasteiger partial charge in [0, 0.05) is 0 Å². The van der Waals surface area contributed by atoms with E-state index in [0.29, 0.717) is 0 Å². The van der Waals surface area contributed by atoms with Crippen LogP contribution in [0.15, 0.2) is 0 Å². The van der Waals surface area contributed by atoms with Gasteiger partial charge in [-0.3, -0.25) is 0 Å². The van der Waals surface area contributed by atoms with Crippen molar-refractivity contribution in [3.63, 3.8) is 0 Å². The second-order valence-corrected chi connectivity index (χ2v) is 6.56. The Labute approximate surface area is 107 Å². The summed E-state index contributed by atoms with van der Waals surface area (Å²) >= 11 is 2.66. The van der Waals surface area contributed by atoms with E-state index in [0.717, 1.165) is 23.7 Å². The summed E-state index contributed by atoms with van der Waals surface area (Å²) in [6, 6.07) is 0. The minimum absolute atomic E-state index is 0.731. The SMILES string of the molecule is CC(C)CC(C)C.CC(C)[C](=[V])C(C)C. The molecule has 1 heteroatoms. The molecule has 0 saturated heterocycles. The first kappa shape index (κ1) is 17.8. The molecule has 0 aliphatic heterocycles. The Kier molecular flexibility index (Phi) is 11.5. The molecule has 0 saturated carbocycles. The van der Waals surface area contributed by atoms with Gasteiger partial charge in [-0.05, 0) is 18.3 Å². The van der Waals surface area contributed by atoms with E-state index in [1.807, 2.05) is 0 Å². The van der Waals surface area contributed by atoms with Gasteiger partial charge in [0.15, 0.2) is 0 Å². The van der Waals surface area contributed by atoms with Crippen molar-refractivity contribution in [3.8, 4) is 0 Å². The van der Waals surface area contributed by atoms with Gasteiger partial charge in [0.1, 0.15) is 0 Å². The third-order valence-electron chi connectivity index (χ3n) is 2.13. The minimum atomic E-state index is 0.731. The van der Waals surface area contributed by atoms with Gasteiger partial charge in [0.05, 0.1) is 0 Å². The monoisotopic (exact) mass is 249 g/mol. The molecule has 0 atom stereocenters. The summed E-state index contributed by atoms with van der Waals surface area (Å²) < 4.78 is 1.54. The first-order valence-corrected chi connectivity index (χ1v) is 6.93. The zero-order valence-corrected chi connectivity index (χ0v) is 13.4. The molecule has 0 aromatic carbocycles. The molecule has 0 unspecified atom stereocenters. The maximum atomic E-state index is 2.66. The van der Waals surface area contributed by atoms with Crippen LogP contribution in [0, 0.1) is 23.7 Å². The van der Waals surface area contributed by atoms with Gasteiger partial charge in [-0.15, -0.1) is 0 Å². The molecule has 0 aliphatic carbocycles. The van der Waals surface area contributed by atoms with E-state index >= 15 is 0 Å². The Morgan fingerprint density at radius 2 is 1.00 bits per heavy atom. The molecule has 0 aromatic rings. The fourth-order valence-electron chi connectivity index (χ4n) is 1.61. The van der Waals surface area contributed by atoms with Crippen LogP contribution in [-0.4, -0.2) is 4.23 Å². The molecule has 0 radical (unpaired) electrons. The van der Waals surface area contributed by atoms with Crippen LogP contribution in [0.5, 0.6) is 0 Å². The van der Waals surface area contributed by atoms with Crippen molar-refractivity contribution in [3.05, 3.63) is 0 Å². The molecule has 91 valence electrons. The van der Waals surface area contributed by atoms with Gasteiger partial charge in [0.2, 0.25) is 0 Å². The van der Waals surface area contributed by atoms with E-state index in [2.05, 4.69) is 72.4 Å². The van der Waals surface area contributed by atoms with Crippen LogP contribution in [0.4, 0.5) is 0 Å². The third-order valence-corrected chi connectivity index (χ3v) is 3.74. The van der Waals surface area contributed by atoms with Crippen LogP contribution < -0.4 is 0 Å². The second kappa shape index (κ2) is 9.66. The zero-order chi connectivity index (χ0) is 12.6. The number of hydrogen-bond acceptors (Lipinski definition) is 0. The van der Waals surface area contributed by atoms with E-state index in [1.165, 1.54) is 10.6 Å². The molecule has 0 spiro atoms. The van der Waals surface area contributed by atoms with Crippen molar-refractivity contribution in [1.82, 2.24) is 0 Å². The molecule has 15 heavy (non-hydrogen) atoms. The molecule has 0 amide bonds. The van der Waals surface area contributed by atoms with Gasteiger partial charge in [-0.2, -0.15) is 0 Å². The molecule has 0 nitrogen and oxygen atoms in total. The molecule has 0 heterocycles. The molecule has 0 aromatic heterocycles. The van der Waals surface area contributed by atoms with E-state index in [4.69, 9.17) is 0 Å². The van der Waals surface area contributed by atoms with E-state index < -0.39 is 0 Å². The van der Waals surface area contributed by atoms with Crippen LogP contribution >= 0.6 is 0 Å². The van der Waals surface area contributed by atoms with Gasteiger partial charge >= 0.3 is 60.7 Å². The van der Waals surface area contributed by atoms with E-state index in [1.54, 1.807) is 0 Å². The Balaban J connectivity index is 0. The Morgan fingerprint density at radius 1 is 0.733 bits per heavy atom. The Bertz CT molecular complexity index is 139. The Morgan fingerprint density at radius 3 is 1.00 bits per heavy atom. The molecule has 0 N–H and O–H groups in total. The third kappa shape index (κ3) is 14.5. The van der Waals surface area contributed by atoms with Crippen LogP contribution in [0.3, 0.4) is 0 Å². The van der Waals surface area contributed by atoms with Crippen molar-refractivity contribution in [1.29, 1.82) is 0 Å². The molecular formula is C14H30V. The summed E-state index contributed by atoms with van der Waals surface area (Å²) in [5.41, 5.74) is 0. The van der Waals surface area contributed by atoms with Crippen LogP contribution in [0.2, 0.25) is 0 Å². The first-order chi connectivity index (χ1) is 6.68. The van der Waals surface area contributed by atoms with Gasteiger partial charge in [-0.1, -0.05) is 27.7 Å². The quantitative estimate of drug-likeness (QED) is 0.677. The van der Waals surface area contributed by atoms with Crippen LogP contribution in [0.25, 0.3) is 0 Å². The molecule has 0 aliphatic rings. The van der Waals surface area contributed by atoms with Crippen LogP contribution in [0.1, 0.15) is 61.8 Å². The summed E-state index contributed by atoms with van der Waals surface area (Å²) in [5.74, 6) is 3.21.